The first-order valence-corrected chi connectivity index (χ1v) is 10.8. The van der Waals surface area contributed by atoms with Crippen LogP contribution in [0.15, 0.2) is 53.4 Å². The lowest BCUT2D eigenvalue weighted by Crippen LogP contribution is -2.46. The van der Waals surface area contributed by atoms with Crippen LogP contribution in [0.25, 0.3) is 10.2 Å². The fraction of sp³-hybridized carbons (Fsp3) is 0.350. The predicted molar refractivity (Wildman–Crippen MR) is 110 cm³/mol. The molecule has 4 rings (SSSR count). The average molecular weight is 370 g/mol. The molecule has 0 aliphatic carbocycles. The molecule has 5 heteroatoms. The van der Waals surface area contributed by atoms with Crippen molar-refractivity contribution in [2.75, 3.05) is 43.9 Å². The summed E-state index contributed by atoms with van der Waals surface area (Å²) in [6.45, 7) is 5.54. The Morgan fingerprint density at radius 3 is 2.60 bits per heavy atom. The third kappa shape index (κ3) is 4.00. The molecule has 3 nitrogen and oxygen atoms in total. The van der Waals surface area contributed by atoms with Gasteiger partial charge in [0.2, 0.25) is 0 Å². The summed E-state index contributed by atoms with van der Waals surface area (Å²) < 4.78 is 1.30. The molecule has 1 aliphatic heterocycles. The van der Waals surface area contributed by atoms with Crippen molar-refractivity contribution in [3.05, 3.63) is 54.1 Å². The quantitative estimate of drug-likeness (QED) is 0.621. The number of thioether (sulfide) groups is 1. The molecule has 130 valence electrons. The van der Waals surface area contributed by atoms with E-state index < -0.39 is 0 Å². The minimum Gasteiger partial charge on any atom is -0.345 e. The molecule has 0 N–H and O–H groups in total. The summed E-state index contributed by atoms with van der Waals surface area (Å²) in [5.74, 6) is 0. The molecule has 0 atom stereocenters. The number of piperazine rings is 1. The number of fused-ring (bicyclic) bond motifs is 1. The van der Waals surface area contributed by atoms with Crippen molar-refractivity contribution in [3.63, 3.8) is 0 Å². The highest BCUT2D eigenvalue weighted by molar-refractivity contribution is 7.98. The van der Waals surface area contributed by atoms with E-state index in [0.717, 1.165) is 44.7 Å². The van der Waals surface area contributed by atoms with Crippen molar-refractivity contribution >= 4 is 38.4 Å². The molecule has 2 heterocycles. The fourth-order valence-electron chi connectivity index (χ4n) is 3.25. The van der Waals surface area contributed by atoms with Gasteiger partial charge in [-0.25, -0.2) is 4.98 Å². The SMILES string of the molecule is CSc1ccc2nc(N3CCN(CCc4ccccc4)CC3)sc2c1. The highest BCUT2D eigenvalue weighted by Crippen LogP contribution is 2.31. The Bertz CT molecular complexity index is 823. The molecular formula is C20H23N3S2. The van der Waals surface area contributed by atoms with Gasteiger partial charge in [-0.3, -0.25) is 4.90 Å². The Balaban J connectivity index is 1.35. The van der Waals surface area contributed by atoms with Crippen LogP contribution in [0.1, 0.15) is 5.56 Å². The van der Waals surface area contributed by atoms with Gasteiger partial charge in [0, 0.05) is 37.6 Å². The monoisotopic (exact) mass is 369 g/mol. The third-order valence-electron chi connectivity index (χ3n) is 4.79. The molecule has 0 bridgehead atoms. The van der Waals surface area contributed by atoms with Crippen LogP contribution in [0.3, 0.4) is 0 Å². The van der Waals surface area contributed by atoms with Crippen LogP contribution in [0.4, 0.5) is 5.13 Å². The average Bonchev–Trinajstić information content (AvgIpc) is 3.10. The highest BCUT2D eigenvalue weighted by atomic mass is 32.2. The number of anilines is 1. The normalized spacial score (nSPS) is 15.8. The summed E-state index contributed by atoms with van der Waals surface area (Å²) in [7, 11) is 0. The highest BCUT2D eigenvalue weighted by Gasteiger charge is 2.19. The topological polar surface area (TPSA) is 19.4 Å². The van der Waals surface area contributed by atoms with Crippen LogP contribution in [0.2, 0.25) is 0 Å². The van der Waals surface area contributed by atoms with Crippen LogP contribution in [-0.2, 0) is 6.42 Å². The van der Waals surface area contributed by atoms with E-state index >= 15 is 0 Å². The van der Waals surface area contributed by atoms with E-state index in [1.807, 2.05) is 11.3 Å². The number of benzene rings is 2. The Labute approximate surface area is 157 Å². The fourth-order valence-corrected chi connectivity index (χ4v) is 4.82. The number of thiazole rings is 1. The van der Waals surface area contributed by atoms with E-state index in [0.29, 0.717) is 0 Å². The number of aromatic nitrogens is 1. The van der Waals surface area contributed by atoms with Crippen LogP contribution in [-0.4, -0.2) is 48.9 Å². The van der Waals surface area contributed by atoms with Gasteiger partial charge in [0.05, 0.1) is 10.2 Å². The van der Waals surface area contributed by atoms with E-state index in [2.05, 4.69) is 64.6 Å². The van der Waals surface area contributed by atoms with Crippen LogP contribution in [0.5, 0.6) is 0 Å². The zero-order valence-corrected chi connectivity index (χ0v) is 16.2. The van der Waals surface area contributed by atoms with E-state index in [9.17, 15) is 0 Å². The van der Waals surface area contributed by atoms with E-state index in [-0.39, 0.29) is 0 Å². The molecule has 1 fully saturated rings. The Hall–Kier alpha value is -1.56. The summed E-state index contributed by atoms with van der Waals surface area (Å²) in [5.41, 5.74) is 2.56. The number of nitrogens with zero attached hydrogens (tertiary/aromatic N) is 3. The maximum absolute atomic E-state index is 4.85. The van der Waals surface area contributed by atoms with Gasteiger partial charge in [0.15, 0.2) is 5.13 Å². The van der Waals surface area contributed by atoms with E-state index in [1.54, 1.807) is 11.8 Å². The van der Waals surface area contributed by atoms with Gasteiger partial charge in [-0.2, -0.15) is 0 Å². The van der Waals surface area contributed by atoms with Gasteiger partial charge in [0.25, 0.3) is 0 Å². The second kappa shape index (κ2) is 7.77. The van der Waals surface area contributed by atoms with Crippen LogP contribution < -0.4 is 4.90 Å². The number of rotatable bonds is 5. The molecule has 0 amide bonds. The summed E-state index contributed by atoms with van der Waals surface area (Å²) in [6.07, 6.45) is 3.26. The lowest BCUT2D eigenvalue weighted by molar-refractivity contribution is 0.261. The first-order valence-electron chi connectivity index (χ1n) is 8.77. The molecule has 0 unspecified atom stereocenters. The zero-order chi connectivity index (χ0) is 17.1. The minimum absolute atomic E-state index is 1.07. The maximum atomic E-state index is 4.85. The molecule has 0 radical (unpaired) electrons. The van der Waals surface area contributed by atoms with Gasteiger partial charge >= 0.3 is 0 Å². The molecule has 25 heavy (non-hydrogen) atoms. The van der Waals surface area contributed by atoms with Crippen molar-refractivity contribution in [1.82, 2.24) is 9.88 Å². The first-order chi connectivity index (χ1) is 12.3. The molecule has 1 aromatic heterocycles. The summed E-state index contributed by atoms with van der Waals surface area (Å²) in [4.78, 5) is 11.2. The predicted octanol–water partition coefficient (Wildman–Crippen LogP) is 4.38. The summed E-state index contributed by atoms with van der Waals surface area (Å²) >= 11 is 3.62. The van der Waals surface area contributed by atoms with Gasteiger partial charge in [-0.15, -0.1) is 11.8 Å². The molecule has 1 aliphatic rings. The van der Waals surface area contributed by atoms with Crippen molar-refractivity contribution < 1.29 is 0 Å². The molecule has 1 saturated heterocycles. The maximum Gasteiger partial charge on any atom is 0.186 e. The molecule has 0 saturated carbocycles. The number of hydrogen-bond donors (Lipinski definition) is 0. The van der Waals surface area contributed by atoms with Gasteiger partial charge < -0.3 is 4.90 Å². The largest absolute Gasteiger partial charge is 0.345 e. The first kappa shape index (κ1) is 16.9. The second-order valence-corrected chi connectivity index (χ2v) is 8.28. The van der Waals surface area contributed by atoms with Gasteiger partial charge in [-0.05, 0) is 36.4 Å². The van der Waals surface area contributed by atoms with Crippen LogP contribution >= 0.6 is 23.1 Å². The molecule has 2 aromatic carbocycles. The summed E-state index contributed by atoms with van der Waals surface area (Å²) in [5, 5.41) is 1.18. The van der Waals surface area contributed by atoms with E-state index in [4.69, 9.17) is 4.98 Å². The second-order valence-electron chi connectivity index (χ2n) is 6.39. The van der Waals surface area contributed by atoms with Crippen molar-refractivity contribution in [1.29, 1.82) is 0 Å². The van der Waals surface area contributed by atoms with Crippen LogP contribution in [0, 0.1) is 0 Å². The lowest BCUT2D eigenvalue weighted by atomic mass is 10.1. The minimum atomic E-state index is 1.07. The standard InChI is InChI=1S/C20H23N3S2/c1-24-17-7-8-18-19(15-17)25-20(21-18)23-13-11-22(12-14-23)10-9-16-5-3-2-4-6-16/h2-8,15H,9-14H2,1H3. The van der Waals surface area contributed by atoms with Gasteiger partial charge in [0.1, 0.15) is 0 Å². The van der Waals surface area contributed by atoms with Crippen molar-refractivity contribution in [2.24, 2.45) is 0 Å². The molecular weight excluding hydrogens is 346 g/mol. The Morgan fingerprint density at radius 1 is 1.04 bits per heavy atom. The number of hydrogen-bond acceptors (Lipinski definition) is 5. The van der Waals surface area contributed by atoms with Gasteiger partial charge in [-0.1, -0.05) is 41.7 Å². The van der Waals surface area contributed by atoms with Crippen molar-refractivity contribution in [3.8, 4) is 0 Å². The smallest absolute Gasteiger partial charge is 0.186 e. The molecule has 0 spiro atoms. The Kier molecular flexibility index (Phi) is 5.25. The van der Waals surface area contributed by atoms with E-state index in [1.165, 1.54) is 20.3 Å². The lowest BCUT2D eigenvalue weighted by Gasteiger charge is -2.34. The Morgan fingerprint density at radius 2 is 1.84 bits per heavy atom. The summed E-state index contributed by atoms with van der Waals surface area (Å²) in [6, 6.07) is 17.4. The zero-order valence-electron chi connectivity index (χ0n) is 14.5. The van der Waals surface area contributed by atoms with Crippen molar-refractivity contribution in [2.45, 2.75) is 11.3 Å². The molecule has 3 aromatic rings. The third-order valence-corrected chi connectivity index (χ3v) is 6.59.